The zero-order chi connectivity index (χ0) is 19.9. The molecule has 0 aromatic heterocycles. The van der Waals surface area contributed by atoms with Gasteiger partial charge >= 0.3 is 0 Å². The Bertz CT molecular complexity index is 1070. The maximum atomic E-state index is 12.8. The van der Waals surface area contributed by atoms with Crippen LogP contribution >= 0.6 is 0 Å². The first-order valence-electron chi connectivity index (χ1n) is 9.24. The first-order chi connectivity index (χ1) is 13.4. The van der Waals surface area contributed by atoms with Crippen LogP contribution in [0, 0.1) is 11.5 Å². The number of carbonyl (C=O) groups is 1. The summed E-state index contributed by atoms with van der Waals surface area (Å²) in [7, 11) is -3.21. The highest BCUT2D eigenvalue weighted by molar-refractivity contribution is 7.90. The Morgan fingerprint density at radius 3 is 2.43 bits per heavy atom. The van der Waals surface area contributed by atoms with Gasteiger partial charge in [0.15, 0.2) is 16.0 Å². The summed E-state index contributed by atoms with van der Waals surface area (Å²) in [6, 6.07) is 12.6. The van der Waals surface area contributed by atoms with Crippen molar-refractivity contribution in [3.8, 4) is 17.3 Å². The number of hydrogen-bond donors (Lipinski definition) is 0. The number of amides is 1. The van der Waals surface area contributed by atoms with Gasteiger partial charge in [-0.3, -0.25) is 9.69 Å². The molecule has 0 saturated carbocycles. The molecule has 2 aliphatic heterocycles. The van der Waals surface area contributed by atoms with Crippen molar-refractivity contribution in [1.82, 2.24) is 9.80 Å². The van der Waals surface area contributed by atoms with Crippen LogP contribution in [0.25, 0.3) is 11.1 Å². The van der Waals surface area contributed by atoms with E-state index in [4.69, 9.17) is 0 Å². The number of nitrogens with zero attached hydrogens (tertiary/aromatic N) is 3. The maximum Gasteiger partial charge on any atom is 0.246 e. The molecule has 2 aromatic rings. The Labute approximate surface area is 164 Å². The lowest BCUT2D eigenvalue weighted by atomic mass is 10.0. The van der Waals surface area contributed by atoms with Crippen molar-refractivity contribution >= 4 is 15.7 Å². The number of hydrogen-bond acceptors (Lipinski definition) is 5. The second kappa shape index (κ2) is 6.95. The average molecular weight is 395 g/mol. The van der Waals surface area contributed by atoms with Crippen molar-refractivity contribution in [3.05, 3.63) is 53.6 Å². The van der Waals surface area contributed by atoms with E-state index in [0.29, 0.717) is 24.5 Å². The van der Waals surface area contributed by atoms with Gasteiger partial charge in [0.1, 0.15) is 6.04 Å². The first-order valence-corrected chi connectivity index (χ1v) is 11.1. The third-order valence-electron chi connectivity index (χ3n) is 5.52. The van der Waals surface area contributed by atoms with Crippen LogP contribution < -0.4 is 0 Å². The molecule has 0 spiro atoms. The fourth-order valence-electron chi connectivity index (χ4n) is 3.98. The molecule has 0 unspecified atom stereocenters. The molecule has 2 heterocycles. The lowest BCUT2D eigenvalue weighted by Gasteiger charge is -2.23. The molecule has 1 saturated heterocycles. The Kier molecular flexibility index (Phi) is 4.60. The smallest absolute Gasteiger partial charge is 0.246 e. The van der Waals surface area contributed by atoms with Crippen molar-refractivity contribution in [3.63, 3.8) is 0 Å². The summed E-state index contributed by atoms with van der Waals surface area (Å²) in [6.07, 6.45) is 4.93. The van der Waals surface area contributed by atoms with Crippen molar-refractivity contribution < 1.29 is 13.2 Å². The molecule has 2 aromatic carbocycles. The maximum absolute atomic E-state index is 12.8. The SMILES string of the molecule is CS(=O)(=O)c1ccc(-c2ccc3c(c2)CN(C(=O)[C@@H]2CCCN2C#N)C3)cc1. The number of fused-ring (bicyclic) bond motifs is 1. The number of benzene rings is 2. The van der Waals surface area contributed by atoms with Crippen molar-refractivity contribution in [2.24, 2.45) is 0 Å². The van der Waals surface area contributed by atoms with Gasteiger partial charge in [-0.2, -0.15) is 5.26 Å². The predicted molar refractivity (Wildman–Crippen MR) is 105 cm³/mol. The normalized spacial score (nSPS) is 18.8. The number of sulfone groups is 1. The van der Waals surface area contributed by atoms with Gasteiger partial charge in [0.2, 0.25) is 5.91 Å². The predicted octanol–water partition coefficient (Wildman–Crippen LogP) is 2.54. The van der Waals surface area contributed by atoms with Crippen LogP contribution in [0.4, 0.5) is 0 Å². The minimum absolute atomic E-state index is 0.0225. The van der Waals surface area contributed by atoms with Gasteiger partial charge in [0, 0.05) is 25.9 Å². The van der Waals surface area contributed by atoms with Crippen LogP contribution in [0.3, 0.4) is 0 Å². The summed E-state index contributed by atoms with van der Waals surface area (Å²) in [6.45, 7) is 1.76. The van der Waals surface area contributed by atoms with Crippen molar-refractivity contribution in [1.29, 1.82) is 5.26 Å². The highest BCUT2D eigenvalue weighted by Crippen LogP contribution is 2.30. The molecule has 1 fully saturated rings. The molecule has 28 heavy (non-hydrogen) atoms. The highest BCUT2D eigenvalue weighted by Gasteiger charge is 2.35. The van der Waals surface area contributed by atoms with E-state index in [1.807, 2.05) is 17.0 Å². The standard InChI is InChI=1S/C21H21N3O3S/c1-28(26,27)19-8-6-15(7-9-19)16-4-5-17-12-24(13-18(17)11-16)21(25)20-3-2-10-23(20)14-22/h4-9,11,20H,2-3,10,12-13H2,1H3/t20-/m0/s1. The Balaban J connectivity index is 1.53. The first kappa shape index (κ1) is 18.5. The molecular formula is C21H21N3O3S. The van der Waals surface area contributed by atoms with Crippen LogP contribution in [0.5, 0.6) is 0 Å². The van der Waals surface area contributed by atoms with Gasteiger partial charge in [0.05, 0.1) is 4.90 Å². The summed E-state index contributed by atoms with van der Waals surface area (Å²) < 4.78 is 23.3. The molecule has 144 valence electrons. The molecule has 0 N–H and O–H groups in total. The number of nitriles is 1. The minimum Gasteiger partial charge on any atom is -0.332 e. The highest BCUT2D eigenvalue weighted by atomic mass is 32.2. The van der Waals surface area contributed by atoms with E-state index in [2.05, 4.69) is 12.3 Å². The Morgan fingerprint density at radius 2 is 1.75 bits per heavy atom. The quantitative estimate of drug-likeness (QED) is 0.746. The van der Waals surface area contributed by atoms with Gasteiger partial charge < -0.3 is 4.90 Å². The van der Waals surface area contributed by atoms with Crippen LogP contribution in [0.2, 0.25) is 0 Å². The van der Waals surface area contributed by atoms with Gasteiger partial charge in [-0.25, -0.2) is 8.42 Å². The molecule has 0 bridgehead atoms. The van der Waals surface area contributed by atoms with Crippen LogP contribution in [-0.4, -0.2) is 43.0 Å². The summed E-state index contributed by atoms with van der Waals surface area (Å²) in [5.74, 6) is 0.0225. The Morgan fingerprint density at radius 1 is 1.07 bits per heavy atom. The van der Waals surface area contributed by atoms with E-state index in [1.54, 1.807) is 29.2 Å². The van der Waals surface area contributed by atoms with Crippen LogP contribution in [0.1, 0.15) is 24.0 Å². The topological polar surface area (TPSA) is 81.5 Å². The summed E-state index contributed by atoms with van der Waals surface area (Å²) in [5, 5.41) is 9.20. The van der Waals surface area contributed by atoms with Gasteiger partial charge in [-0.05, 0) is 53.3 Å². The molecule has 4 rings (SSSR count). The molecule has 1 amide bonds. The average Bonchev–Trinajstić information content (AvgIpc) is 3.32. The molecule has 2 aliphatic rings. The third-order valence-corrected chi connectivity index (χ3v) is 6.65. The Hall–Kier alpha value is -2.85. The second-order valence-corrected chi connectivity index (χ2v) is 9.44. The molecule has 6 nitrogen and oxygen atoms in total. The van der Waals surface area contributed by atoms with E-state index in [0.717, 1.165) is 35.1 Å². The molecule has 1 atom stereocenters. The zero-order valence-electron chi connectivity index (χ0n) is 15.6. The largest absolute Gasteiger partial charge is 0.332 e. The van der Waals surface area contributed by atoms with E-state index in [1.165, 1.54) is 6.26 Å². The van der Waals surface area contributed by atoms with E-state index in [-0.39, 0.29) is 11.9 Å². The second-order valence-electron chi connectivity index (χ2n) is 7.43. The van der Waals surface area contributed by atoms with Crippen molar-refractivity contribution in [2.45, 2.75) is 36.9 Å². The number of carbonyl (C=O) groups excluding carboxylic acids is 1. The van der Waals surface area contributed by atoms with E-state index in [9.17, 15) is 18.5 Å². The third kappa shape index (κ3) is 3.36. The summed E-state index contributed by atoms with van der Waals surface area (Å²) in [5.41, 5.74) is 4.14. The van der Waals surface area contributed by atoms with Gasteiger partial charge in [-0.15, -0.1) is 0 Å². The molecular weight excluding hydrogens is 374 g/mol. The lowest BCUT2D eigenvalue weighted by molar-refractivity contribution is -0.135. The number of rotatable bonds is 3. The van der Waals surface area contributed by atoms with Crippen LogP contribution in [-0.2, 0) is 27.7 Å². The van der Waals surface area contributed by atoms with Gasteiger partial charge in [0.25, 0.3) is 0 Å². The van der Waals surface area contributed by atoms with Crippen molar-refractivity contribution in [2.75, 3.05) is 12.8 Å². The van der Waals surface area contributed by atoms with Gasteiger partial charge in [-0.1, -0.05) is 24.3 Å². The molecule has 7 heteroatoms. The van der Waals surface area contributed by atoms with E-state index < -0.39 is 9.84 Å². The molecule has 0 radical (unpaired) electrons. The van der Waals surface area contributed by atoms with E-state index >= 15 is 0 Å². The van der Waals surface area contributed by atoms with Crippen LogP contribution in [0.15, 0.2) is 47.4 Å². The number of likely N-dealkylation sites (tertiary alicyclic amines) is 1. The molecule has 0 aliphatic carbocycles. The summed E-state index contributed by atoms with van der Waals surface area (Å²) in [4.78, 5) is 16.6. The fraction of sp³-hybridized carbons (Fsp3) is 0.333. The minimum atomic E-state index is -3.21. The lowest BCUT2D eigenvalue weighted by Crippen LogP contribution is -2.41. The summed E-state index contributed by atoms with van der Waals surface area (Å²) >= 11 is 0. The zero-order valence-corrected chi connectivity index (χ0v) is 16.4. The fourth-order valence-corrected chi connectivity index (χ4v) is 4.61. The monoisotopic (exact) mass is 395 g/mol.